The molecule has 0 saturated carbocycles. The summed E-state index contributed by atoms with van der Waals surface area (Å²) in [6.45, 7) is 2.12. The van der Waals surface area contributed by atoms with Crippen molar-refractivity contribution in [2.24, 2.45) is 0 Å². The SMILES string of the molecule is Cc1conc1C(=O)N(C)CCCC(=O)O. The Bertz CT molecular complexity index is 386. The quantitative estimate of drug-likeness (QED) is 0.807. The molecule has 1 rings (SSSR count). The largest absolute Gasteiger partial charge is 0.481 e. The molecule has 0 fully saturated rings. The van der Waals surface area contributed by atoms with Crippen molar-refractivity contribution in [3.63, 3.8) is 0 Å². The number of aryl methyl sites for hydroxylation is 1. The van der Waals surface area contributed by atoms with E-state index in [1.54, 1.807) is 14.0 Å². The summed E-state index contributed by atoms with van der Waals surface area (Å²) in [6, 6.07) is 0. The van der Waals surface area contributed by atoms with E-state index in [1.165, 1.54) is 11.2 Å². The van der Waals surface area contributed by atoms with E-state index >= 15 is 0 Å². The van der Waals surface area contributed by atoms with Gasteiger partial charge < -0.3 is 14.5 Å². The van der Waals surface area contributed by atoms with Crippen LogP contribution in [-0.4, -0.2) is 40.6 Å². The van der Waals surface area contributed by atoms with Gasteiger partial charge in [-0.25, -0.2) is 0 Å². The van der Waals surface area contributed by atoms with Gasteiger partial charge in [-0.15, -0.1) is 0 Å². The maximum absolute atomic E-state index is 11.8. The van der Waals surface area contributed by atoms with Crippen LogP contribution in [0.15, 0.2) is 10.8 Å². The first-order valence-electron chi connectivity index (χ1n) is 4.90. The molecule has 16 heavy (non-hydrogen) atoms. The van der Waals surface area contributed by atoms with Crippen molar-refractivity contribution in [2.75, 3.05) is 13.6 Å². The van der Waals surface area contributed by atoms with Crippen LogP contribution < -0.4 is 0 Å². The van der Waals surface area contributed by atoms with Crippen LogP contribution in [0.3, 0.4) is 0 Å². The Kier molecular flexibility index (Phi) is 4.04. The Balaban J connectivity index is 2.49. The second kappa shape index (κ2) is 5.29. The molecule has 1 N–H and O–H groups in total. The molecule has 0 aromatic carbocycles. The lowest BCUT2D eigenvalue weighted by Crippen LogP contribution is -2.28. The van der Waals surface area contributed by atoms with Crippen molar-refractivity contribution in [1.82, 2.24) is 10.1 Å². The van der Waals surface area contributed by atoms with Crippen LogP contribution in [-0.2, 0) is 4.79 Å². The van der Waals surface area contributed by atoms with Gasteiger partial charge in [-0.1, -0.05) is 5.16 Å². The fraction of sp³-hybridized carbons (Fsp3) is 0.500. The average molecular weight is 226 g/mol. The van der Waals surface area contributed by atoms with Gasteiger partial charge in [0.15, 0.2) is 5.69 Å². The highest BCUT2D eigenvalue weighted by molar-refractivity contribution is 5.93. The van der Waals surface area contributed by atoms with Gasteiger partial charge in [0.25, 0.3) is 5.91 Å². The third-order valence-electron chi connectivity index (χ3n) is 2.18. The first-order chi connectivity index (χ1) is 7.52. The smallest absolute Gasteiger partial charge is 0.303 e. The molecule has 0 spiro atoms. The fourth-order valence-electron chi connectivity index (χ4n) is 1.24. The first-order valence-corrected chi connectivity index (χ1v) is 4.90. The zero-order valence-corrected chi connectivity index (χ0v) is 9.27. The summed E-state index contributed by atoms with van der Waals surface area (Å²) in [5, 5.41) is 12.1. The number of amides is 1. The van der Waals surface area contributed by atoms with Crippen molar-refractivity contribution in [2.45, 2.75) is 19.8 Å². The van der Waals surface area contributed by atoms with Gasteiger partial charge in [0.2, 0.25) is 0 Å². The van der Waals surface area contributed by atoms with E-state index in [1.807, 2.05) is 0 Å². The van der Waals surface area contributed by atoms with Crippen molar-refractivity contribution >= 4 is 11.9 Å². The van der Waals surface area contributed by atoms with E-state index in [-0.39, 0.29) is 18.0 Å². The van der Waals surface area contributed by atoms with Crippen molar-refractivity contribution < 1.29 is 19.2 Å². The van der Waals surface area contributed by atoms with Gasteiger partial charge in [0.1, 0.15) is 6.26 Å². The monoisotopic (exact) mass is 226 g/mol. The minimum absolute atomic E-state index is 0.0510. The van der Waals surface area contributed by atoms with E-state index in [0.717, 1.165) is 0 Å². The topological polar surface area (TPSA) is 83.6 Å². The van der Waals surface area contributed by atoms with Crippen molar-refractivity contribution in [1.29, 1.82) is 0 Å². The lowest BCUT2D eigenvalue weighted by Gasteiger charge is -2.14. The number of hydrogen-bond acceptors (Lipinski definition) is 4. The number of nitrogens with zero attached hydrogens (tertiary/aromatic N) is 2. The van der Waals surface area contributed by atoms with Gasteiger partial charge in [0, 0.05) is 25.6 Å². The molecule has 6 nitrogen and oxygen atoms in total. The van der Waals surface area contributed by atoms with E-state index in [4.69, 9.17) is 5.11 Å². The number of hydrogen-bond donors (Lipinski definition) is 1. The Morgan fingerprint density at radius 3 is 2.75 bits per heavy atom. The van der Waals surface area contributed by atoms with E-state index in [9.17, 15) is 9.59 Å². The van der Waals surface area contributed by atoms with Crippen LogP contribution in [0.4, 0.5) is 0 Å². The van der Waals surface area contributed by atoms with Crippen molar-refractivity contribution in [3.05, 3.63) is 17.5 Å². The highest BCUT2D eigenvalue weighted by atomic mass is 16.5. The molecule has 0 bridgehead atoms. The zero-order valence-electron chi connectivity index (χ0n) is 9.27. The van der Waals surface area contributed by atoms with Crippen LogP contribution >= 0.6 is 0 Å². The summed E-state index contributed by atoms with van der Waals surface area (Å²) in [5.41, 5.74) is 0.952. The molecule has 1 heterocycles. The normalized spacial score (nSPS) is 10.1. The Labute approximate surface area is 92.8 Å². The molecule has 0 atom stereocenters. The second-order valence-electron chi connectivity index (χ2n) is 3.57. The molecule has 0 aliphatic carbocycles. The molecule has 1 aromatic rings. The number of rotatable bonds is 5. The van der Waals surface area contributed by atoms with E-state index in [2.05, 4.69) is 9.68 Å². The summed E-state index contributed by atoms with van der Waals surface area (Å²) >= 11 is 0. The highest BCUT2D eigenvalue weighted by Crippen LogP contribution is 2.08. The lowest BCUT2D eigenvalue weighted by atomic mass is 10.2. The molecule has 0 radical (unpaired) electrons. The lowest BCUT2D eigenvalue weighted by molar-refractivity contribution is -0.137. The number of aliphatic carboxylic acids is 1. The minimum atomic E-state index is -0.863. The van der Waals surface area contributed by atoms with Crippen LogP contribution in [0, 0.1) is 6.92 Å². The maximum atomic E-state index is 11.8. The maximum Gasteiger partial charge on any atom is 0.303 e. The van der Waals surface area contributed by atoms with Crippen molar-refractivity contribution in [3.8, 4) is 0 Å². The van der Waals surface area contributed by atoms with Gasteiger partial charge in [0.05, 0.1) is 0 Å². The molecule has 0 aliphatic heterocycles. The molecular weight excluding hydrogens is 212 g/mol. The molecule has 0 saturated heterocycles. The molecule has 0 aliphatic rings. The molecule has 6 heteroatoms. The summed E-state index contributed by atoms with van der Waals surface area (Å²) in [5.74, 6) is -1.12. The number of carbonyl (C=O) groups excluding carboxylic acids is 1. The van der Waals surface area contributed by atoms with Gasteiger partial charge in [-0.2, -0.15) is 0 Å². The fourth-order valence-corrected chi connectivity index (χ4v) is 1.24. The predicted molar refractivity (Wildman–Crippen MR) is 55.1 cm³/mol. The van der Waals surface area contributed by atoms with E-state index in [0.29, 0.717) is 18.5 Å². The second-order valence-corrected chi connectivity index (χ2v) is 3.57. The third-order valence-corrected chi connectivity index (χ3v) is 2.18. The van der Waals surface area contributed by atoms with Gasteiger partial charge in [-0.05, 0) is 13.3 Å². The minimum Gasteiger partial charge on any atom is -0.481 e. The summed E-state index contributed by atoms with van der Waals surface area (Å²) in [4.78, 5) is 23.5. The first kappa shape index (κ1) is 12.2. The van der Waals surface area contributed by atoms with Crippen LogP contribution in [0.5, 0.6) is 0 Å². The van der Waals surface area contributed by atoms with Crippen LogP contribution in [0.1, 0.15) is 28.9 Å². The molecular formula is C10H14N2O4. The van der Waals surface area contributed by atoms with Gasteiger partial charge >= 0.3 is 5.97 Å². The van der Waals surface area contributed by atoms with E-state index < -0.39 is 5.97 Å². The Morgan fingerprint density at radius 2 is 2.25 bits per heavy atom. The average Bonchev–Trinajstić information content (AvgIpc) is 2.62. The van der Waals surface area contributed by atoms with Gasteiger partial charge in [-0.3, -0.25) is 9.59 Å². The number of aromatic nitrogens is 1. The highest BCUT2D eigenvalue weighted by Gasteiger charge is 2.17. The Hall–Kier alpha value is -1.85. The Morgan fingerprint density at radius 1 is 1.56 bits per heavy atom. The number of carboxylic acid groups (broad SMARTS) is 1. The zero-order chi connectivity index (χ0) is 12.1. The molecule has 88 valence electrons. The standard InChI is InChI=1S/C10H14N2O4/c1-7-6-16-11-9(7)10(15)12(2)5-3-4-8(13)14/h6H,3-5H2,1-2H3,(H,13,14). The number of carbonyl (C=O) groups is 2. The summed E-state index contributed by atoms with van der Waals surface area (Å²) in [7, 11) is 1.61. The summed E-state index contributed by atoms with van der Waals surface area (Å²) in [6.07, 6.45) is 1.88. The predicted octanol–water partition coefficient (Wildman–Crippen LogP) is 0.920. The summed E-state index contributed by atoms with van der Waals surface area (Å²) < 4.78 is 4.67. The molecule has 1 amide bonds. The third kappa shape index (κ3) is 3.08. The molecule has 0 unspecified atom stereocenters. The number of carboxylic acids is 1. The molecule has 1 aromatic heterocycles. The van der Waals surface area contributed by atoms with Crippen LogP contribution in [0.25, 0.3) is 0 Å². The van der Waals surface area contributed by atoms with Crippen LogP contribution in [0.2, 0.25) is 0 Å².